The number of ketones is 1. The highest BCUT2D eigenvalue weighted by atomic mass is 19.1. The minimum atomic E-state index is -0.592. The molecule has 1 aromatic carbocycles. The number of carbonyl (C=O) groups excluding carboxylic acids is 2. The molecule has 0 saturated heterocycles. The van der Waals surface area contributed by atoms with Crippen LogP contribution in [0.25, 0.3) is 0 Å². The molecule has 0 radical (unpaired) electrons. The van der Waals surface area contributed by atoms with Crippen LogP contribution in [-0.4, -0.2) is 17.9 Å². The highest BCUT2D eigenvalue weighted by molar-refractivity contribution is 5.87. The van der Waals surface area contributed by atoms with Crippen LogP contribution < -0.4 is 0 Å². The quantitative estimate of drug-likeness (QED) is 0.793. The van der Waals surface area contributed by atoms with E-state index in [1.54, 1.807) is 12.1 Å². The molecule has 0 spiro atoms. The monoisotopic (exact) mass is 278 g/mol. The molecule has 0 bridgehead atoms. The summed E-state index contributed by atoms with van der Waals surface area (Å²) in [5.41, 5.74) is 0.970. The standard InChI is InChI=1S/C16H19FO3/c1-2-3-16(19)20-15-9-6-12(10-14(15)18)11-4-7-13(17)8-5-11/h4-5,7-8,12,15H,2-3,6,9-10H2,1H3. The van der Waals surface area contributed by atoms with Crippen LogP contribution in [0.5, 0.6) is 0 Å². The van der Waals surface area contributed by atoms with Crippen LogP contribution in [0, 0.1) is 5.82 Å². The molecule has 1 aromatic rings. The van der Waals surface area contributed by atoms with Crippen molar-refractivity contribution in [3.05, 3.63) is 35.6 Å². The Balaban J connectivity index is 1.93. The summed E-state index contributed by atoms with van der Waals surface area (Å²) in [4.78, 5) is 23.5. The fraction of sp³-hybridized carbons (Fsp3) is 0.500. The Hall–Kier alpha value is -1.71. The number of carbonyl (C=O) groups is 2. The first-order valence-corrected chi connectivity index (χ1v) is 7.07. The van der Waals surface area contributed by atoms with Crippen molar-refractivity contribution in [2.45, 2.75) is 51.0 Å². The Morgan fingerprint density at radius 1 is 1.30 bits per heavy atom. The largest absolute Gasteiger partial charge is 0.454 e. The van der Waals surface area contributed by atoms with Crippen molar-refractivity contribution < 1.29 is 18.7 Å². The van der Waals surface area contributed by atoms with Crippen molar-refractivity contribution >= 4 is 11.8 Å². The highest BCUT2D eigenvalue weighted by Gasteiger charge is 2.31. The van der Waals surface area contributed by atoms with Gasteiger partial charge < -0.3 is 4.74 Å². The van der Waals surface area contributed by atoms with Crippen molar-refractivity contribution in [1.29, 1.82) is 0 Å². The Kier molecular flexibility index (Phi) is 4.88. The van der Waals surface area contributed by atoms with E-state index in [4.69, 9.17) is 4.74 Å². The predicted molar refractivity (Wildman–Crippen MR) is 72.8 cm³/mol. The van der Waals surface area contributed by atoms with Gasteiger partial charge in [-0.15, -0.1) is 0 Å². The fourth-order valence-electron chi connectivity index (χ4n) is 2.56. The van der Waals surface area contributed by atoms with Gasteiger partial charge in [-0.25, -0.2) is 4.39 Å². The number of hydrogen-bond acceptors (Lipinski definition) is 3. The first-order chi connectivity index (χ1) is 9.60. The zero-order valence-electron chi connectivity index (χ0n) is 11.6. The lowest BCUT2D eigenvalue weighted by molar-refractivity contribution is -0.157. The number of benzene rings is 1. The highest BCUT2D eigenvalue weighted by Crippen LogP contribution is 2.32. The summed E-state index contributed by atoms with van der Waals surface area (Å²) in [5, 5.41) is 0. The molecule has 0 aliphatic heterocycles. The molecule has 1 aliphatic carbocycles. The fourth-order valence-corrected chi connectivity index (χ4v) is 2.56. The molecular weight excluding hydrogens is 259 g/mol. The lowest BCUT2D eigenvalue weighted by Gasteiger charge is -2.27. The summed E-state index contributed by atoms with van der Waals surface area (Å²) >= 11 is 0. The molecule has 1 fully saturated rings. The van der Waals surface area contributed by atoms with E-state index in [9.17, 15) is 14.0 Å². The Morgan fingerprint density at radius 2 is 2.00 bits per heavy atom. The van der Waals surface area contributed by atoms with E-state index in [0.717, 1.165) is 18.4 Å². The zero-order valence-corrected chi connectivity index (χ0v) is 11.6. The second-order valence-electron chi connectivity index (χ2n) is 5.22. The second-order valence-corrected chi connectivity index (χ2v) is 5.22. The summed E-state index contributed by atoms with van der Waals surface area (Å²) in [7, 11) is 0. The van der Waals surface area contributed by atoms with E-state index in [-0.39, 0.29) is 23.5 Å². The van der Waals surface area contributed by atoms with Gasteiger partial charge in [0.2, 0.25) is 0 Å². The van der Waals surface area contributed by atoms with Gasteiger partial charge in [-0.1, -0.05) is 19.1 Å². The van der Waals surface area contributed by atoms with E-state index < -0.39 is 6.10 Å². The summed E-state index contributed by atoms with van der Waals surface area (Å²) in [5.74, 6) is -0.507. The molecule has 2 rings (SSSR count). The van der Waals surface area contributed by atoms with Gasteiger partial charge in [0.25, 0.3) is 0 Å². The first-order valence-electron chi connectivity index (χ1n) is 7.07. The van der Waals surface area contributed by atoms with Crippen molar-refractivity contribution in [3.63, 3.8) is 0 Å². The van der Waals surface area contributed by atoms with Crippen LogP contribution in [-0.2, 0) is 14.3 Å². The lowest BCUT2D eigenvalue weighted by atomic mass is 9.82. The predicted octanol–water partition coefficient (Wildman–Crippen LogP) is 3.37. The Labute approximate surface area is 118 Å². The number of rotatable bonds is 4. The zero-order chi connectivity index (χ0) is 14.5. The van der Waals surface area contributed by atoms with Crippen LogP contribution in [0.4, 0.5) is 4.39 Å². The molecule has 3 nitrogen and oxygen atoms in total. The molecule has 108 valence electrons. The summed E-state index contributed by atoms with van der Waals surface area (Å²) in [6, 6.07) is 6.26. The molecule has 2 unspecified atom stereocenters. The maximum absolute atomic E-state index is 12.9. The minimum Gasteiger partial charge on any atom is -0.454 e. The van der Waals surface area contributed by atoms with Crippen LogP contribution in [0.3, 0.4) is 0 Å². The lowest BCUT2D eigenvalue weighted by Crippen LogP contribution is -2.32. The molecule has 4 heteroatoms. The molecule has 0 heterocycles. The average Bonchev–Trinajstić information content (AvgIpc) is 2.42. The van der Waals surface area contributed by atoms with Crippen molar-refractivity contribution in [1.82, 2.24) is 0 Å². The van der Waals surface area contributed by atoms with Crippen molar-refractivity contribution in [2.24, 2.45) is 0 Å². The van der Waals surface area contributed by atoms with E-state index >= 15 is 0 Å². The van der Waals surface area contributed by atoms with E-state index in [0.29, 0.717) is 19.3 Å². The molecule has 2 atom stereocenters. The van der Waals surface area contributed by atoms with Gasteiger partial charge in [-0.2, -0.15) is 0 Å². The van der Waals surface area contributed by atoms with E-state index in [1.165, 1.54) is 12.1 Å². The van der Waals surface area contributed by atoms with Crippen LogP contribution in [0.15, 0.2) is 24.3 Å². The van der Waals surface area contributed by atoms with Gasteiger partial charge in [0.15, 0.2) is 11.9 Å². The molecule has 0 N–H and O–H groups in total. The Bertz CT molecular complexity index is 481. The Morgan fingerprint density at radius 3 is 2.60 bits per heavy atom. The third-order valence-corrected chi connectivity index (χ3v) is 3.65. The summed E-state index contributed by atoms with van der Waals surface area (Å²) < 4.78 is 18.1. The third-order valence-electron chi connectivity index (χ3n) is 3.65. The van der Waals surface area contributed by atoms with Crippen LogP contribution in [0.2, 0.25) is 0 Å². The van der Waals surface area contributed by atoms with Crippen molar-refractivity contribution in [3.8, 4) is 0 Å². The van der Waals surface area contributed by atoms with Gasteiger partial charge in [-0.05, 0) is 42.9 Å². The minimum absolute atomic E-state index is 0.0324. The number of halogens is 1. The van der Waals surface area contributed by atoms with E-state index in [2.05, 4.69) is 0 Å². The topological polar surface area (TPSA) is 43.4 Å². The number of Topliss-reactive ketones (excluding diaryl/α,β-unsaturated/α-hetero) is 1. The average molecular weight is 278 g/mol. The van der Waals surface area contributed by atoms with Crippen LogP contribution >= 0.6 is 0 Å². The van der Waals surface area contributed by atoms with Gasteiger partial charge in [0.1, 0.15) is 5.82 Å². The molecule has 0 aromatic heterocycles. The summed E-state index contributed by atoms with van der Waals surface area (Å²) in [6.45, 7) is 1.90. The van der Waals surface area contributed by atoms with Gasteiger partial charge in [0.05, 0.1) is 0 Å². The van der Waals surface area contributed by atoms with Gasteiger partial charge in [0, 0.05) is 12.8 Å². The SMILES string of the molecule is CCCC(=O)OC1CCC(c2ccc(F)cc2)CC1=O. The number of esters is 1. The molecule has 20 heavy (non-hydrogen) atoms. The molecule has 1 saturated carbocycles. The molecule has 1 aliphatic rings. The maximum atomic E-state index is 12.9. The number of hydrogen-bond donors (Lipinski definition) is 0. The van der Waals surface area contributed by atoms with Crippen molar-refractivity contribution in [2.75, 3.05) is 0 Å². The normalized spacial score (nSPS) is 22.6. The molecular formula is C16H19FO3. The van der Waals surface area contributed by atoms with Gasteiger partial charge in [-0.3, -0.25) is 9.59 Å². The van der Waals surface area contributed by atoms with Crippen LogP contribution in [0.1, 0.15) is 50.5 Å². The first kappa shape index (κ1) is 14.7. The maximum Gasteiger partial charge on any atom is 0.306 e. The van der Waals surface area contributed by atoms with E-state index in [1.807, 2.05) is 6.92 Å². The third kappa shape index (κ3) is 3.65. The summed E-state index contributed by atoms with van der Waals surface area (Å²) in [6.07, 6.45) is 2.17. The number of ether oxygens (including phenoxy) is 1. The molecule has 0 amide bonds. The smallest absolute Gasteiger partial charge is 0.306 e. The second kappa shape index (κ2) is 6.64. The van der Waals surface area contributed by atoms with Gasteiger partial charge >= 0.3 is 5.97 Å².